The maximum Gasteiger partial charge on any atom is 0.317 e. The minimum atomic E-state index is -0.0982. The fraction of sp³-hybridized carbons (Fsp3) is 0.667. The second kappa shape index (κ2) is 10.8. The zero-order valence-corrected chi connectivity index (χ0v) is 16.8. The molecule has 1 unspecified atom stereocenters. The molecule has 1 saturated carbocycles. The van der Waals surface area contributed by atoms with Crippen molar-refractivity contribution in [2.75, 3.05) is 26.4 Å². The Kier molecular flexibility index (Phi) is 9.52. The lowest BCUT2D eigenvalue weighted by Gasteiger charge is -2.36. The smallest absolute Gasteiger partial charge is 0.317 e. The molecule has 0 radical (unpaired) electrons. The number of carbonyl (C=O) groups excluding carboxylic acids is 1. The number of esters is 1. The molecule has 1 aromatic carbocycles. The van der Waals surface area contributed by atoms with Gasteiger partial charge in [-0.25, -0.2) is 0 Å². The van der Waals surface area contributed by atoms with Crippen LogP contribution in [-0.4, -0.2) is 36.8 Å². The summed E-state index contributed by atoms with van der Waals surface area (Å²) in [4.78, 5) is 13.0. The van der Waals surface area contributed by atoms with E-state index in [1.54, 1.807) is 0 Å². The van der Waals surface area contributed by atoms with Crippen LogP contribution >= 0.6 is 0 Å². The lowest BCUT2D eigenvalue weighted by Crippen LogP contribution is -3.00. The van der Waals surface area contributed by atoms with Gasteiger partial charge in [0.15, 0.2) is 0 Å². The first-order chi connectivity index (χ1) is 11.7. The first kappa shape index (κ1) is 22.0. The highest BCUT2D eigenvalue weighted by Gasteiger charge is 2.33. The van der Waals surface area contributed by atoms with Crippen molar-refractivity contribution in [2.45, 2.75) is 58.8 Å². The van der Waals surface area contributed by atoms with Crippen LogP contribution in [0.3, 0.4) is 0 Å². The normalized spacial score (nSPS) is 16.8. The van der Waals surface area contributed by atoms with Gasteiger partial charge in [-0.1, -0.05) is 49.6 Å². The summed E-state index contributed by atoms with van der Waals surface area (Å²) in [6, 6.07) is 10.2. The predicted octanol–water partition coefficient (Wildman–Crippen LogP) is 1.73. The lowest BCUT2D eigenvalue weighted by molar-refractivity contribution is -0.938. The lowest BCUT2D eigenvalue weighted by atomic mass is 9.77. The Morgan fingerprint density at radius 1 is 1.04 bits per heavy atom. The highest BCUT2D eigenvalue weighted by atomic mass is 35.5. The Labute approximate surface area is 159 Å². The minimum Gasteiger partial charge on any atom is -1.00 e. The Morgan fingerprint density at radius 3 is 2.12 bits per heavy atom. The molecule has 142 valence electrons. The number of halogens is 1. The number of quaternary nitrogens is 1. The minimum absolute atomic E-state index is 0. The quantitative estimate of drug-likeness (QED) is 0.397. The molecule has 2 rings (SSSR count). The van der Waals surface area contributed by atoms with E-state index in [-0.39, 0.29) is 24.3 Å². The summed E-state index contributed by atoms with van der Waals surface area (Å²) < 4.78 is 6.73. The summed E-state index contributed by atoms with van der Waals surface area (Å²) in [6.45, 7) is 10.0. The Hall–Kier alpha value is -1.06. The van der Waals surface area contributed by atoms with Crippen LogP contribution in [0.2, 0.25) is 0 Å². The summed E-state index contributed by atoms with van der Waals surface area (Å²) in [5.74, 6) is 0.311. The molecular formula is C21H34ClNO2. The Balaban J connectivity index is 0.00000312. The van der Waals surface area contributed by atoms with E-state index in [4.69, 9.17) is 4.74 Å². The van der Waals surface area contributed by atoms with Gasteiger partial charge < -0.3 is 17.1 Å². The van der Waals surface area contributed by atoms with E-state index in [1.807, 2.05) is 18.2 Å². The van der Waals surface area contributed by atoms with E-state index >= 15 is 0 Å². The summed E-state index contributed by atoms with van der Waals surface area (Å²) in [5.41, 5.74) is 1.12. The average molecular weight is 368 g/mol. The van der Waals surface area contributed by atoms with Gasteiger partial charge in [-0.15, -0.1) is 0 Å². The maximum absolute atomic E-state index is 13.0. The second-order valence-corrected chi connectivity index (χ2v) is 7.17. The van der Waals surface area contributed by atoms with Crippen molar-refractivity contribution >= 4 is 5.97 Å². The highest BCUT2D eigenvalue weighted by molar-refractivity contribution is 5.78. The summed E-state index contributed by atoms with van der Waals surface area (Å²) in [5, 5.41) is 0. The van der Waals surface area contributed by atoms with Crippen molar-refractivity contribution in [3.63, 3.8) is 0 Å². The first-order valence-corrected chi connectivity index (χ1v) is 9.72. The van der Waals surface area contributed by atoms with Gasteiger partial charge in [0.05, 0.1) is 25.6 Å². The SMILES string of the molecule is CC[N+](CC)(CC)COC(=O)C(c1ccccc1)C1CCCCC1.[Cl-]. The summed E-state index contributed by atoms with van der Waals surface area (Å²) in [7, 11) is 0. The predicted molar refractivity (Wildman–Crippen MR) is 98.6 cm³/mol. The number of ether oxygens (including phenoxy) is 1. The van der Waals surface area contributed by atoms with Crippen LogP contribution in [0, 0.1) is 5.92 Å². The van der Waals surface area contributed by atoms with Gasteiger partial charge in [0.1, 0.15) is 0 Å². The molecule has 1 aromatic rings. The van der Waals surface area contributed by atoms with Crippen molar-refractivity contribution in [3.8, 4) is 0 Å². The Bertz CT molecular complexity index is 488. The molecule has 0 bridgehead atoms. The molecule has 0 heterocycles. The van der Waals surface area contributed by atoms with Crippen LogP contribution in [0.15, 0.2) is 30.3 Å². The van der Waals surface area contributed by atoms with Gasteiger partial charge in [0.25, 0.3) is 0 Å². The van der Waals surface area contributed by atoms with Gasteiger partial charge >= 0.3 is 5.97 Å². The van der Waals surface area contributed by atoms with Crippen molar-refractivity contribution in [1.29, 1.82) is 0 Å². The fourth-order valence-electron chi connectivity index (χ4n) is 3.96. The molecule has 0 saturated heterocycles. The van der Waals surface area contributed by atoms with Gasteiger partial charge in [0.2, 0.25) is 6.73 Å². The molecule has 0 N–H and O–H groups in total. The van der Waals surface area contributed by atoms with Crippen LogP contribution in [0.25, 0.3) is 0 Å². The third kappa shape index (κ3) is 5.72. The standard InChI is InChI=1S/C21H34NO2.ClH/c1-4-22(5-2,6-3)17-24-21(23)20(18-13-9-7-10-14-18)19-15-11-8-12-16-19;/h7,9-10,13-14,19-20H,4-6,8,11-12,15-17H2,1-3H3;1H/q+1;/p-1. The van der Waals surface area contributed by atoms with Gasteiger partial charge in [0, 0.05) is 0 Å². The van der Waals surface area contributed by atoms with Gasteiger partial charge in [-0.2, -0.15) is 0 Å². The van der Waals surface area contributed by atoms with Crippen LogP contribution in [-0.2, 0) is 9.53 Å². The van der Waals surface area contributed by atoms with Crippen molar-refractivity contribution < 1.29 is 26.4 Å². The monoisotopic (exact) mass is 367 g/mol. The van der Waals surface area contributed by atoms with E-state index < -0.39 is 0 Å². The molecule has 3 nitrogen and oxygen atoms in total. The third-order valence-electron chi connectivity index (χ3n) is 6.03. The molecule has 0 aliphatic heterocycles. The number of benzene rings is 1. The van der Waals surface area contributed by atoms with E-state index in [9.17, 15) is 4.79 Å². The number of hydrogen-bond acceptors (Lipinski definition) is 2. The first-order valence-electron chi connectivity index (χ1n) is 9.72. The zero-order valence-electron chi connectivity index (χ0n) is 16.0. The van der Waals surface area contributed by atoms with E-state index in [2.05, 4.69) is 32.9 Å². The Morgan fingerprint density at radius 2 is 1.60 bits per heavy atom. The molecule has 4 heteroatoms. The largest absolute Gasteiger partial charge is 1.00 e. The maximum atomic E-state index is 13.0. The van der Waals surface area contributed by atoms with Crippen molar-refractivity contribution in [1.82, 2.24) is 0 Å². The van der Waals surface area contributed by atoms with Gasteiger partial charge in [-0.05, 0) is 45.1 Å². The molecular weight excluding hydrogens is 334 g/mol. The second-order valence-electron chi connectivity index (χ2n) is 7.17. The van der Waals surface area contributed by atoms with Crippen LogP contribution in [0.4, 0.5) is 0 Å². The number of nitrogens with zero attached hydrogens (tertiary/aromatic N) is 1. The van der Waals surface area contributed by atoms with E-state index in [0.717, 1.165) is 42.5 Å². The van der Waals surface area contributed by atoms with E-state index in [1.165, 1.54) is 19.3 Å². The van der Waals surface area contributed by atoms with Crippen molar-refractivity contribution in [3.05, 3.63) is 35.9 Å². The van der Waals surface area contributed by atoms with Crippen LogP contribution in [0.1, 0.15) is 64.4 Å². The molecule has 0 amide bonds. The zero-order chi connectivity index (χ0) is 17.4. The van der Waals surface area contributed by atoms with Gasteiger partial charge in [-0.3, -0.25) is 9.28 Å². The average Bonchev–Trinajstić information content (AvgIpc) is 2.65. The number of hydrogen-bond donors (Lipinski definition) is 0. The van der Waals surface area contributed by atoms with Crippen LogP contribution < -0.4 is 12.4 Å². The molecule has 0 spiro atoms. The van der Waals surface area contributed by atoms with Crippen molar-refractivity contribution in [2.24, 2.45) is 5.92 Å². The van der Waals surface area contributed by atoms with Crippen LogP contribution in [0.5, 0.6) is 0 Å². The molecule has 1 atom stereocenters. The number of carbonyl (C=O) groups is 1. The summed E-state index contributed by atoms with van der Waals surface area (Å²) >= 11 is 0. The third-order valence-corrected chi connectivity index (χ3v) is 6.03. The molecule has 1 aliphatic rings. The molecule has 25 heavy (non-hydrogen) atoms. The summed E-state index contributed by atoms with van der Waals surface area (Å²) in [6.07, 6.45) is 6.06. The number of rotatable bonds is 8. The fourth-order valence-corrected chi connectivity index (χ4v) is 3.96. The molecule has 0 aromatic heterocycles. The topological polar surface area (TPSA) is 26.3 Å². The molecule has 1 aliphatic carbocycles. The molecule has 1 fully saturated rings. The van der Waals surface area contributed by atoms with E-state index in [0.29, 0.717) is 12.6 Å². The highest BCUT2D eigenvalue weighted by Crippen LogP contribution is 2.37.